The number of rotatable bonds is 3. The van der Waals surface area contributed by atoms with Gasteiger partial charge in [0, 0.05) is 4.88 Å². The zero-order valence-corrected chi connectivity index (χ0v) is 14.0. The van der Waals surface area contributed by atoms with E-state index in [-0.39, 0.29) is 11.9 Å². The van der Waals surface area contributed by atoms with Crippen molar-refractivity contribution in [1.29, 1.82) is 0 Å². The molecule has 2 N–H and O–H groups in total. The average Bonchev–Trinajstić information content (AvgIpc) is 3.17. The lowest BCUT2D eigenvalue weighted by Gasteiger charge is -2.25. The molecule has 3 amide bonds. The van der Waals surface area contributed by atoms with Crippen LogP contribution in [0.15, 0.2) is 53.0 Å². The summed E-state index contributed by atoms with van der Waals surface area (Å²) >= 11 is 1.63. The Hall–Kier alpha value is -2.60. The van der Waals surface area contributed by atoms with Crippen LogP contribution in [0.3, 0.4) is 0 Å². The van der Waals surface area contributed by atoms with Crippen LogP contribution in [-0.2, 0) is 11.3 Å². The van der Waals surface area contributed by atoms with Gasteiger partial charge in [-0.15, -0.1) is 11.3 Å². The largest absolute Gasteiger partial charge is 0.328 e. The molecule has 1 aromatic carbocycles. The predicted octanol–water partition coefficient (Wildman–Crippen LogP) is 2.71. The minimum absolute atomic E-state index is 0.0172. The Labute approximate surface area is 144 Å². The van der Waals surface area contributed by atoms with Gasteiger partial charge in [0.15, 0.2) is 0 Å². The molecule has 0 saturated carbocycles. The van der Waals surface area contributed by atoms with Crippen LogP contribution in [0.1, 0.15) is 22.0 Å². The zero-order chi connectivity index (χ0) is 16.7. The van der Waals surface area contributed by atoms with Crippen molar-refractivity contribution in [1.82, 2.24) is 15.5 Å². The van der Waals surface area contributed by atoms with Crippen molar-refractivity contribution in [3.05, 3.63) is 69.1 Å². The quantitative estimate of drug-likeness (QED) is 0.903. The summed E-state index contributed by atoms with van der Waals surface area (Å²) < 4.78 is 0. The number of amides is 3. The van der Waals surface area contributed by atoms with E-state index < -0.39 is 6.04 Å². The third-order valence-corrected chi connectivity index (χ3v) is 5.22. The first-order valence-corrected chi connectivity index (χ1v) is 8.68. The van der Waals surface area contributed by atoms with Gasteiger partial charge in [-0.05, 0) is 23.9 Å². The molecule has 1 aromatic heterocycles. The molecule has 1 atom stereocenters. The second-order valence-corrected chi connectivity index (χ2v) is 7.11. The van der Waals surface area contributed by atoms with Crippen LogP contribution >= 0.6 is 11.3 Å². The fourth-order valence-electron chi connectivity index (χ4n) is 3.16. The number of urea groups is 1. The van der Waals surface area contributed by atoms with E-state index in [1.807, 2.05) is 48.7 Å². The predicted molar refractivity (Wildman–Crippen MR) is 92.3 cm³/mol. The van der Waals surface area contributed by atoms with Gasteiger partial charge < -0.3 is 15.5 Å². The van der Waals surface area contributed by atoms with Crippen molar-refractivity contribution in [2.24, 2.45) is 0 Å². The van der Waals surface area contributed by atoms with Gasteiger partial charge in [0.1, 0.15) is 0 Å². The van der Waals surface area contributed by atoms with E-state index in [0.717, 1.165) is 16.0 Å². The molecule has 0 unspecified atom stereocenters. The van der Waals surface area contributed by atoms with E-state index in [4.69, 9.17) is 0 Å². The van der Waals surface area contributed by atoms with Gasteiger partial charge in [-0.2, -0.15) is 0 Å². The second-order valence-electron chi connectivity index (χ2n) is 6.07. The van der Waals surface area contributed by atoms with Gasteiger partial charge in [0.25, 0.3) is 5.91 Å². The van der Waals surface area contributed by atoms with E-state index in [1.54, 1.807) is 16.2 Å². The number of hydrogen-bond acceptors (Lipinski definition) is 3. The highest BCUT2D eigenvalue weighted by Gasteiger charge is 2.40. The SMILES string of the molecule is Cc1ccc([C@@H]2NC(=O)NC3=C2C(=O)N(Cc2cccs2)C3)cc1. The minimum atomic E-state index is -0.393. The molecule has 2 aliphatic rings. The zero-order valence-electron chi connectivity index (χ0n) is 13.2. The normalized spacial score (nSPS) is 20.0. The second kappa shape index (κ2) is 5.79. The maximum Gasteiger partial charge on any atom is 0.319 e. The third kappa shape index (κ3) is 2.59. The van der Waals surface area contributed by atoms with Crippen molar-refractivity contribution in [3.8, 4) is 0 Å². The van der Waals surface area contributed by atoms with E-state index in [2.05, 4.69) is 10.6 Å². The molecule has 4 rings (SSSR count). The molecule has 3 heterocycles. The van der Waals surface area contributed by atoms with Gasteiger partial charge in [0.2, 0.25) is 0 Å². The maximum atomic E-state index is 12.9. The Morgan fingerprint density at radius 3 is 2.71 bits per heavy atom. The highest BCUT2D eigenvalue weighted by molar-refractivity contribution is 7.09. The van der Waals surface area contributed by atoms with Crippen molar-refractivity contribution in [2.45, 2.75) is 19.5 Å². The number of benzene rings is 1. The fourth-order valence-corrected chi connectivity index (χ4v) is 3.87. The molecule has 0 spiro atoms. The van der Waals surface area contributed by atoms with Crippen LogP contribution in [-0.4, -0.2) is 23.4 Å². The Balaban J connectivity index is 1.64. The molecule has 2 aliphatic heterocycles. The summed E-state index contributed by atoms with van der Waals surface area (Å²) in [4.78, 5) is 27.8. The van der Waals surface area contributed by atoms with E-state index >= 15 is 0 Å². The first-order valence-electron chi connectivity index (χ1n) is 7.80. The summed E-state index contributed by atoms with van der Waals surface area (Å²) in [5.41, 5.74) is 3.43. The Morgan fingerprint density at radius 2 is 2.00 bits per heavy atom. The number of carbonyl (C=O) groups is 2. The standard InChI is InChI=1S/C18H17N3O2S/c1-11-4-6-12(7-5-11)16-15-14(19-18(23)20-16)10-21(17(15)22)9-13-3-2-8-24-13/h2-8,16H,9-10H2,1H3,(H2,19,20,23)/t16-/m0/s1. The third-order valence-electron chi connectivity index (χ3n) is 4.36. The lowest BCUT2D eigenvalue weighted by molar-refractivity contribution is -0.126. The lowest BCUT2D eigenvalue weighted by atomic mass is 9.95. The van der Waals surface area contributed by atoms with Crippen LogP contribution in [0.2, 0.25) is 0 Å². The van der Waals surface area contributed by atoms with Crippen LogP contribution in [0.4, 0.5) is 4.79 Å². The van der Waals surface area contributed by atoms with Crippen molar-refractivity contribution >= 4 is 23.3 Å². The van der Waals surface area contributed by atoms with Crippen molar-refractivity contribution < 1.29 is 9.59 Å². The lowest BCUT2D eigenvalue weighted by Crippen LogP contribution is -2.44. The summed E-state index contributed by atoms with van der Waals surface area (Å²) in [7, 11) is 0. The van der Waals surface area contributed by atoms with Gasteiger partial charge in [-0.1, -0.05) is 35.9 Å². The van der Waals surface area contributed by atoms with Crippen LogP contribution in [0.5, 0.6) is 0 Å². The Bertz CT molecular complexity index is 824. The van der Waals surface area contributed by atoms with E-state index in [1.165, 1.54) is 0 Å². The number of aryl methyl sites for hydroxylation is 1. The molecule has 0 aliphatic carbocycles. The van der Waals surface area contributed by atoms with E-state index in [9.17, 15) is 9.59 Å². The van der Waals surface area contributed by atoms with Gasteiger partial charge in [-0.3, -0.25) is 4.79 Å². The monoisotopic (exact) mass is 339 g/mol. The van der Waals surface area contributed by atoms with Crippen LogP contribution in [0.25, 0.3) is 0 Å². The molecular weight excluding hydrogens is 322 g/mol. The number of carbonyl (C=O) groups excluding carboxylic acids is 2. The van der Waals surface area contributed by atoms with E-state index in [0.29, 0.717) is 24.4 Å². The van der Waals surface area contributed by atoms with Crippen molar-refractivity contribution in [2.75, 3.05) is 6.54 Å². The molecule has 0 radical (unpaired) electrons. The molecule has 2 aromatic rings. The maximum absolute atomic E-state index is 12.9. The molecule has 122 valence electrons. The van der Waals surface area contributed by atoms with Gasteiger partial charge >= 0.3 is 6.03 Å². The first-order chi connectivity index (χ1) is 11.6. The Morgan fingerprint density at radius 1 is 1.21 bits per heavy atom. The molecule has 0 bridgehead atoms. The van der Waals surface area contributed by atoms with Gasteiger partial charge in [-0.25, -0.2) is 4.79 Å². The Kier molecular flexibility index (Phi) is 3.61. The number of nitrogens with zero attached hydrogens (tertiary/aromatic N) is 1. The number of hydrogen-bond donors (Lipinski definition) is 2. The van der Waals surface area contributed by atoms with Crippen LogP contribution < -0.4 is 10.6 Å². The number of thiophene rings is 1. The highest BCUT2D eigenvalue weighted by Crippen LogP contribution is 2.33. The molecular formula is C18H17N3O2S. The average molecular weight is 339 g/mol. The summed E-state index contributed by atoms with van der Waals surface area (Å²) in [6.45, 7) is 3.03. The topological polar surface area (TPSA) is 61.4 Å². The highest BCUT2D eigenvalue weighted by atomic mass is 32.1. The van der Waals surface area contributed by atoms with Crippen LogP contribution in [0, 0.1) is 6.92 Å². The summed E-state index contributed by atoms with van der Waals surface area (Å²) in [5, 5.41) is 7.68. The van der Waals surface area contributed by atoms with Gasteiger partial charge in [0.05, 0.1) is 30.4 Å². The summed E-state index contributed by atoms with van der Waals surface area (Å²) in [6.07, 6.45) is 0. The first kappa shape index (κ1) is 15.0. The molecule has 5 nitrogen and oxygen atoms in total. The minimum Gasteiger partial charge on any atom is -0.328 e. The molecule has 0 fully saturated rings. The summed E-state index contributed by atoms with van der Waals surface area (Å²) in [6, 6.07) is 11.3. The number of nitrogens with one attached hydrogen (secondary N) is 2. The summed E-state index contributed by atoms with van der Waals surface area (Å²) in [5.74, 6) is -0.0172. The fraction of sp³-hybridized carbons (Fsp3) is 0.222. The molecule has 24 heavy (non-hydrogen) atoms. The molecule has 6 heteroatoms. The van der Waals surface area contributed by atoms with Crippen molar-refractivity contribution in [3.63, 3.8) is 0 Å². The molecule has 0 saturated heterocycles. The smallest absolute Gasteiger partial charge is 0.319 e.